The summed E-state index contributed by atoms with van der Waals surface area (Å²) >= 11 is 3.32. The maximum Gasteiger partial charge on any atom is 0.251 e. The highest BCUT2D eigenvalue weighted by Gasteiger charge is 2.11. The van der Waals surface area contributed by atoms with Crippen LogP contribution in [0.2, 0.25) is 0 Å². The smallest absolute Gasteiger partial charge is 0.251 e. The number of nitrogen functional groups attached to an aromatic ring is 1. The molecule has 0 unspecified atom stereocenters. The molecule has 0 aliphatic heterocycles. The Bertz CT molecular complexity index is 377. The molecule has 0 heterocycles. The molecule has 0 atom stereocenters. The molecule has 0 saturated heterocycles. The highest BCUT2D eigenvalue weighted by Crippen LogP contribution is 2.22. The minimum absolute atomic E-state index is 0.0673. The predicted octanol–water partition coefficient (Wildman–Crippen LogP) is 2.48. The third-order valence-electron chi connectivity index (χ3n) is 2.19. The number of halogens is 1. The van der Waals surface area contributed by atoms with Gasteiger partial charge in [0.1, 0.15) is 0 Å². The molecular formula is C11H15BrN2O. The number of carbonyl (C=O) groups is 1. The van der Waals surface area contributed by atoms with Crippen molar-refractivity contribution in [2.24, 2.45) is 0 Å². The molecule has 0 fully saturated rings. The van der Waals surface area contributed by atoms with E-state index >= 15 is 0 Å². The molecular weight excluding hydrogens is 256 g/mol. The Labute approximate surface area is 98.2 Å². The third-order valence-corrected chi connectivity index (χ3v) is 2.65. The standard InChI is InChI=1S/C11H15BrN2O/c1-3-4-14-11(15)9-5-8(12)6-10(13)7(9)2/h5-6H,3-4,13H2,1-2H3,(H,14,15). The number of carbonyl (C=O) groups excluding carboxylic acids is 1. The van der Waals surface area contributed by atoms with E-state index in [1.165, 1.54) is 0 Å². The van der Waals surface area contributed by atoms with Crippen molar-refractivity contribution in [1.82, 2.24) is 5.32 Å². The lowest BCUT2D eigenvalue weighted by Crippen LogP contribution is -2.25. The first-order valence-electron chi connectivity index (χ1n) is 4.90. The van der Waals surface area contributed by atoms with Crippen molar-refractivity contribution in [3.05, 3.63) is 27.7 Å². The number of anilines is 1. The van der Waals surface area contributed by atoms with Crippen molar-refractivity contribution in [3.8, 4) is 0 Å². The number of amides is 1. The first kappa shape index (κ1) is 12.0. The Hall–Kier alpha value is -1.03. The number of hydrogen-bond donors (Lipinski definition) is 2. The second-order valence-electron chi connectivity index (χ2n) is 3.42. The molecule has 1 amide bonds. The lowest BCUT2D eigenvalue weighted by Gasteiger charge is -2.09. The van der Waals surface area contributed by atoms with Crippen LogP contribution in [-0.4, -0.2) is 12.5 Å². The summed E-state index contributed by atoms with van der Waals surface area (Å²) in [6.45, 7) is 4.55. The Morgan fingerprint density at radius 1 is 1.53 bits per heavy atom. The Kier molecular flexibility index (Phi) is 4.15. The van der Waals surface area contributed by atoms with E-state index in [9.17, 15) is 4.79 Å². The van der Waals surface area contributed by atoms with Crippen LogP contribution in [-0.2, 0) is 0 Å². The molecule has 1 rings (SSSR count). The van der Waals surface area contributed by atoms with E-state index in [0.717, 1.165) is 16.5 Å². The molecule has 3 N–H and O–H groups in total. The normalized spacial score (nSPS) is 10.1. The van der Waals surface area contributed by atoms with Crippen LogP contribution < -0.4 is 11.1 Å². The molecule has 0 aliphatic rings. The molecule has 0 saturated carbocycles. The quantitative estimate of drug-likeness (QED) is 0.830. The minimum Gasteiger partial charge on any atom is -0.398 e. The highest BCUT2D eigenvalue weighted by molar-refractivity contribution is 9.10. The molecule has 0 radical (unpaired) electrons. The van der Waals surface area contributed by atoms with Gasteiger partial charge in [-0.25, -0.2) is 0 Å². The lowest BCUT2D eigenvalue weighted by molar-refractivity contribution is 0.0953. The molecule has 0 aromatic heterocycles. The summed E-state index contributed by atoms with van der Waals surface area (Å²) in [5.74, 6) is -0.0673. The predicted molar refractivity (Wildman–Crippen MR) is 65.9 cm³/mol. The summed E-state index contributed by atoms with van der Waals surface area (Å²) in [4.78, 5) is 11.7. The van der Waals surface area contributed by atoms with Crippen LogP contribution >= 0.6 is 15.9 Å². The zero-order valence-electron chi connectivity index (χ0n) is 8.93. The number of nitrogens with one attached hydrogen (secondary N) is 1. The van der Waals surface area contributed by atoms with E-state index in [0.29, 0.717) is 17.8 Å². The van der Waals surface area contributed by atoms with Gasteiger partial charge in [0, 0.05) is 22.3 Å². The van der Waals surface area contributed by atoms with E-state index in [1.54, 1.807) is 12.1 Å². The van der Waals surface area contributed by atoms with Crippen LogP contribution in [0, 0.1) is 6.92 Å². The second-order valence-corrected chi connectivity index (χ2v) is 4.34. The van der Waals surface area contributed by atoms with Gasteiger partial charge in [-0.15, -0.1) is 0 Å². The van der Waals surface area contributed by atoms with Gasteiger partial charge in [-0.2, -0.15) is 0 Å². The summed E-state index contributed by atoms with van der Waals surface area (Å²) in [5.41, 5.74) is 7.87. The monoisotopic (exact) mass is 270 g/mol. The van der Waals surface area contributed by atoms with Crippen molar-refractivity contribution in [2.75, 3.05) is 12.3 Å². The van der Waals surface area contributed by atoms with Gasteiger partial charge in [0.2, 0.25) is 0 Å². The molecule has 0 spiro atoms. The van der Waals surface area contributed by atoms with E-state index in [-0.39, 0.29) is 5.91 Å². The van der Waals surface area contributed by atoms with E-state index in [1.807, 2.05) is 13.8 Å². The van der Waals surface area contributed by atoms with Crippen LogP contribution in [0.15, 0.2) is 16.6 Å². The highest BCUT2D eigenvalue weighted by atomic mass is 79.9. The van der Waals surface area contributed by atoms with Crippen LogP contribution in [0.3, 0.4) is 0 Å². The van der Waals surface area contributed by atoms with Crippen molar-refractivity contribution in [3.63, 3.8) is 0 Å². The number of rotatable bonds is 3. The SMILES string of the molecule is CCCNC(=O)c1cc(Br)cc(N)c1C. The zero-order chi connectivity index (χ0) is 11.4. The lowest BCUT2D eigenvalue weighted by atomic mass is 10.1. The van der Waals surface area contributed by atoms with Crippen molar-refractivity contribution < 1.29 is 4.79 Å². The molecule has 1 aromatic rings. The first-order valence-corrected chi connectivity index (χ1v) is 5.69. The van der Waals surface area contributed by atoms with Gasteiger partial charge in [0.25, 0.3) is 5.91 Å². The number of nitrogens with two attached hydrogens (primary N) is 1. The van der Waals surface area contributed by atoms with Crippen LogP contribution in [0.4, 0.5) is 5.69 Å². The summed E-state index contributed by atoms with van der Waals surface area (Å²) in [6, 6.07) is 3.59. The van der Waals surface area contributed by atoms with Gasteiger partial charge in [-0.1, -0.05) is 22.9 Å². The first-order chi connectivity index (χ1) is 7.06. The number of hydrogen-bond acceptors (Lipinski definition) is 2. The average Bonchev–Trinajstić information content (AvgIpc) is 2.19. The fourth-order valence-corrected chi connectivity index (χ4v) is 1.75. The fraction of sp³-hybridized carbons (Fsp3) is 0.364. The summed E-state index contributed by atoms with van der Waals surface area (Å²) < 4.78 is 0.826. The molecule has 0 bridgehead atoms. The zero-order valence-corrected chi connectivity index (χ0v) is 10.5. The summed E-state index contributed by atoms with van der Waals surface area (Å²) in [6.07, 6.45) is 0.925. The van der Waals surface area contributed by atoms with E-state index in [2.05, 4.69) is 21.2 Å². The Morgan fingerprint density at radius 2 is 2.20 bits per heavy atom. The average molecular weight is 271 g/mol. The summed E-state index contributed by atoms with van der Waals surface area (Å²) in [7, 11) is 0. The molecule has 1 aromatic carbocycles. The molecule has 4 heteroatoms. The Balaban J connectivity index is 2.98. The minimum atomic E-state index is -0.0673. The molecule has 15 heavy (non-hydrogen) atoms. The maximum atomic E-state index is 11.7. The third kappa shape index (κ3) is 2.96. The van der Waals surface area contributed by atoms with Crippen molar-refractivity contribution >= 4 is 27.5 Å². The second kappa shape index (κ2) is 5.16. The van der Waals surface area contributed by atoms with Gasteiger partial charge in [0.05, 0.1) is 0 Å². The van der Waals surface area contributed by atoms with Crippen molar-refractivity contribution in [2.45, 2.75) is 20.3 Å². The molecule has 82 valence electrons. The molecule has 3 nitrogen and oxygen atoms in total. The van der Waals surface area contributed by atoms with Crippen LogP contribution in [0.25, 0.3) is 0 Å². The topological polar surface area (TPSA) is 55.1 Å². The van der Waals surface area contributed by atoms with Gasteiger partial charge < -0.3 is 11.1 Å². The fourth-order valence-electron chi connectivity index (χ4n) is 1.27. The van der Waals surface area contributed by atoms with Gasteiger partial charge in [-0.3, -0.25) is 4.79 Å². The van der Waals surface area contributed by atoms with Crippen LogP contribution in [0.1, 0.15) is 29.3 Å². The Morgan fingerprint density at radius 3 is 2.80 bits per heavy atom. The van der Waals surface area contributed by atoms with Crippen LogP contribution in [0.5, 0.6) is 0 Å². The largest absolute Gasteiger partial charge is 0.398 e. The van der Waals surface area contributed by atoms with Gasteiger partial charge in [0.15, 0.2) is 0 Å². The van der Waals surface area contributed by atoms with Gasteiger partial charge in [-0.05, 0) is 31.0 Å². The molecule has 0 aliphatic carbocycles. The van der Waals surface area contributed by atoms with Crippen molar-refractivity contribution in [1.29, 1.82) is 0 Å². The maximum absolute atomic E-state index is 11.7. The van der Waals surface area contributed by atoms with E-state index < -0.39 is 0 Å². The number of benzene rings is 1. The van der Waals surface area contributed by atoms with E-state index in [4.69, 9.17) is 5.73 Å². The van der Waals surface area contributed by atoms with Gasteiger partial charge >= 0.3 is 0 Å². The summed E-state index contributed by atoms with van der Waals surface area (Å²) in [5, 5.41) is 2.83.